The molecule has 0 unspecified atom stereocenters. The third-order valence-corrected chi connectivity index (χ3v) is 2.97. The molecule has 0 fully saturated rings. The van der Waals surface area contributed by atoms with E-state index in [1.165, 1.54) is 51.9 Å². The van der Waals surface area contributed by atoms with Gasteiger partial charge in [-0.1, -0.05) is 53.8 Å². The number of hydrogen-bond acceptors (Lipinski definition) is 3. The molecule has 0 aliphatic heterocycles. The summed E-state index contributed by atoms with van der Waals surface area (Å²) in [4.78, 5) is 10.6. The molecule has 0 aromatic rings. The van der Waals surface area contributed by atoms with Crippen molar-refractivity contribution in [2.45, 2.75) is 44.9 Å². The predicted octanol–water partition coefficient (Wildman–Crippen LogP) is 4.96. The molecule has 0 spiro atoms. The van der Waals surface area contributed by atoms with Crippen molar-refractivity contribution in [2.75, 3.05) is 12.4 Å². The van der Waals surface area contributed by atoms with Crippen LogP contribution in [0.5, 0.6) is 0 Å². The van der Waals surface area contributed by atoms with Crippen LogP contribution in [0, 0.1) is 0 Å². The Morgan fingerprint density at radius 2 is 1.72 bits per heavy atom. The van der Waals surface area contributed by atoms with Gasteiger partial charge >= 0.3 is 6.16 Å². The molecule has 0 amide bonds. The largest absolute Gasteiger partial charge is 0.512 e. The van der Waals surface area contributed by atoms with Crippen LogP contribution in [-0.2, 0) is 9.47 Å². The lowest BCUT2D eigenvalue weighted by molar-refractivity contribution is 0.106. The van der Waals surface area contributed by atoms with E-state index in [2.05, 4.69) is 31.5 Å². The third-order valence-electron chi connectivity index (χ3n) is 2.41. The average molecular weight is 319 g/mol. The molecular formula is C14H23BrO3. The van der Waals surface area contributed by atoms with Gasteiger partial charge in [-0.15, -0.1) is 0 Å². The van der Waals surface area contributed by atoms with Crippen LogP contribution in [-0.4, -0.2) is 18.6 Å². The van der Waals surface area contributed by atoms with Crippen molar-refractivity contribution >= 4 is 22.1 Å². The minimum Gasteiger partial charge on any atom is -0.437 e. The van der Waals surface area contributed by atoms with Crippen molar-refractivity contribution < 1.29 is 14.3 Å². The van der Waals surface area contributed by atoms with E-state index < -0.39 is 6.16 Å². The zero-order valence-corrected chi connectivity index (χ0v) is 12.7. The summed E-state index contributed by atoms with van der Waals surface area (Å²) in [5.74, 6) is 0. The molecule has 0 aliphatic rings. The van der Waals surface area contributed by atoms with Crippen LogP contribution >= 0.6 is 15.9 Å². The maximum absolute atomic E-state index is 10.6. The summed E-state index contributed by atoms with van der Waals surface area (Å²) in [5, 5.41) is 1.12. The molecule has 0 radical (unpaired) electrons. The van der Waals surface area contributed by atoms with Crippen molar-refractivity contribution in [3.05, 3.63) is 24.5 Å². The third kappa shape index (κ3) is 13.3. The molecule has 4 heteroatoms. The minimum atomic E-state index is -0.692. The Morgan fingerprint density at radius 3 is 2.39 bits per heavy atom. The van der Waals surface area contributed by atoms with Crippen LogP contribution < -0.4 is 0 Å². The lowest BCUT2D eigenvalue weighted by Gasteiger charge is -1.98. The van der Waals surface area contributed by atoms with Crippen LogP contribution in [0.1, 0.15) is 44.9 Å². The smallest absolute Gasteiger partial charge is 0.437 e. The van der Waals surface area contributed by atoms with Crippen molar-refractivity contribution in [3.63, 3.8) is 0 Å². The fraction of sp³-hybridized carbons (Fsp3) is 0.643. The van der Waals surface area contributed by atoms with Crippen LogP contribution in [0.2, 0.25) is 0 Å². The van der Waals surface area contributed by atoms with Gasteiger partial charge in [0.05, 0.1) is 13.4 Å². The van der Waals surface area contributed by atoms with Crippen LogP contribution in [0.3, 0.4) is 0 Å². The summed E-state index contributed by atoms with van der Waals surface area (Å²) in [7, 11) is 1.28. The maximum atomic E-state index is 10.6. The number of alkyl halides is 1. The minimum absolute atomic E-state index is 0.692. The van der Waals surface area contributed by atoms with Gasteiger partial charge in [-0.2, -0.15) is 0 Å². The van der Waals surface area contributed by atoms with E-state index in [-0.39, 0.29) is 0 Å². The molecule has 0 bridgehead atoms. The first kappa shape index (κ1) is 17.2. The highest BCUT2D eigenvalue weighted by atomic mass is 79.9. The van der Waals surface area contributed by atoms with Gasteiger partial charge in [0, 0.05) is 5.33 Å². The Kier molecular flexibility index (Phi) is 13.7. The van der Waals surface area contributed by atoms with Crippen LogP contribution in [0.25, 0.3) is 0 Å². The Morgan fingerprint density at radius 1 is 1.06 bits per heavy atom. The van der Waals surface area contributed by atoms with Gasteiger partial charge in [0.25, 0.3) is 0 Å². The molecule has 0 saturated carbocycles. The van der Waals surface area contributed by atoms with Gasteiger partial charge in [0.15, 0.2) is 0 Å². The lowest BCUT2D eigenvalue weighted by Crippen LogP contribution is -1.97. The normalized spacial score (nSPS) is 11.2. The van der Waals surface area contributed by atoms with Gasteiger partial charge in [-0.05, 0) is 25.3 Å². The topological polar surface area (TPSA) is 35.5 Å². The molecule has 18 heavy (non-hydrogen) atoms. The van der Waals surface area contributed by atoms with Crippen LogP contribution in [0.15, 0.2) is 24.5 Å². The van der Waals surface area contributed by atoms with E-state index in [9.17, 15) is 4.79 Å². The van der Waals surface area contributed by atoms with E-state index in [4.69, 9.17) is 0 Å². The average Bonchev–Trinajstić information content (AvgIpc) is 2.39. The number of unbranched alkanes of at least 4 members (excludes halogenated alkanes) is 6. The Labute approximate surface area is 118 Å². The van der Waals surface area contributed by atoms with Gasteiger partial charge in [0.1, 0.15) is 0 Å². The molecule has 0 heterocycles. The number of ether oxygens (including phenoxy) is 2. The van der Waals surface area contributed by atoms with Crippen molar-refractivity contribution in [3.8, 4) is 0 Å². The lowest BCUT2D eigenvalue weighted by atomic mass is 10.1. The van der Waals surface area contributed by atoms with E-state index in [0.29, 0.717) is 0 Å². The first-order valence-electron chi connectivity index (χ1n) is 6.43. The number of allylic oxidation sites excluding steroid dienone is 3. The molecule has 0 aliphatic carbocycles. The molecule has 104 valence electrons. The van der Waals surface area contributed by atoms with Crippen molar-refractivity contribution in [1.29, 1.82) is 0 Å². The number of rotatable bonds is 10. The number of halogens is 1. The molecule has 0 aromatic heterocycles. The molecule has 0 saturated heterocycles. The SMILES string of the molecule is COC(=O)O/C=C/C=C/CCCCCCCCBr. The number of hydrogen-bond donors (Lipinski definition) is 0. The highest BCUT2D eigenvalue weighted by molar-refractivity contribution is 9.09. The zero-order chi connectivity index (χ0) is 13.5. The van der Waals surface area contributed by atoms with E-state index in [1.54, 1.807) is 6.08 Å². The maximum Gasteiger partial charge on any atom is 0.512 e. The Balaban J connectivity index is 3.25. The first-order chi connectivity index (χ1) is 8.81. The van der Waals surface area contributed by atoms with Crippen LogP contribution in [0.4, 0.5) is 4.79 Å². The second kappa shape index (κ2) is 14.3. The predicted molar refractivity (Wildman–Crippen MR) is 77.9 cm³/mol. The van der Waals surface area contributed by atoms with E-state index >= 15 is 0 Å². The summed E-state index contributed by atoms with van der Waals surface area (Å²) in [6, 6.07) is 0. The molecule has 0 aromatic carbocycles. The van der Waals surface area contributed by atoms with Gasteiger partial charge in [-0.25, -0.2) is 4.79 Å². The monoisotopic (exact) mass is 318 g/mol. The molecular weight excluding hydrogens is 296 g/mol. The highest BCUT2D eigenvalue weighted by Crippen LogP contribution is 2.08. The second-order valence-corrected chi connectivity index (χ2v) is 4.72. The number of carbonyl (C=O) groups excluding carboxylic acids is 1. The molecule has 0 atom stereocenters. The summed E-state index contributed by atoms with van der Waals surface area (Å²) in [5.41, 5.74) is 0. The standard InChI is InChI=1S/C14H23BrO3/c1-17-14(16)18-13-11-9-7-5-3-2-4-6-8-10-12-15/h7,9,11,13H,2-6,8,10,12H2,1H3/b9-7+,13-11+. The fourth-order valence-electron chi connectivity index (χ4n) is 1.43. The van der Waals surface area contributed by atoms with Gasteiger partial charge in [0.2, 0.25) is 0 Å². The Hall–Kier alpha value is -0.770. The van der Waals surface area contributed by atoms with Gasteiger partial charge in [-0.3, -0.25) is 0 Å². The summed E-state index contributed by atoms with van der Waals surface area (Å²) in [6.07, 6.45) is 15.1. The summed E-state index contributed by atoms with van der Waals surface area (Å²) in [6.45, 7) is 0. The zero-order valence-electron chi connectivity index (χ0n) is 11.1. The quantitative estimate of drug-likeness (QED) is 0.188. The molecule has 3 nitrogen and oxygen atoms in total. The van der Waals surface area contributed by atoms with Crippen molar-refractivity contribution in [2.24, 2.45) is 0 Å². The van der Waals surface area contributed by atoms with E-state index in [0.717, 1.165) is 11.8 Å². The second-order valence-electron chi connectivity index (χ2n) is 3.93. The van der Waals surface area contributed by atoms with Gasteiger partial charge < -0.3 is 9.47 Å². The summed E-state index contributed by atoms with van der Waals surface area (Å²) >= 11 is 3.43. The number of methoxy groups -OCH3 is 1. The van der Waals surface area contributed by atoms with Crippen molar-refractivity contribution in [1.82, 2.24) is 0 Å². The van der Waals surface area contributed by atoms with E-state index in [1.807, 2.05) is 6.08 Å². The summed E-state index contributed by atoms with van der Waals surface area (Å²) < 4.78 is 8.89. The first-order valence-corrected chi connectivity index (χ1v) is 7.55. The highest BCUT2D eigenvalue weighted by Gasteiger charge is 1.93. The molecule has 0 N–H and O–H groups in total. The molecule has 0 rings (SSSR count). The fourth-order valence-corrected chi connectivity index (χ4v) is 1.82. The number of carbonyl (C=O) groups is 1. The Bertz CT molecular complexity index is 249.